The van der Waals surface area contributed by atoms with Crippen LogP contribution in [0.1, 0.15) is 38.5 Å². The SMILES string of the molecule is O=C(NC[C@@H]1C[C@@H]2CC[C@@H]1O2)NS(=O)(=O)N1CCC(CCNC(=O)C2Oc3ccccc3O2)CC1. The minimum atomic E-state index is -3.90. The number of hydrogen-bond acceptors (Lipinski definition) is 7. The minimum absolute atomic E-state index is 0.176. The van der Waals surface area contributed by atoms with Crippen molar-refractivity contribution in [3.05, 3.63) is 24.3 Å². The molecule has 0 aliphatic carbocycles. The van der Waals surface area contributed by atoms with Crippen molar-refractivity contribution in [3.63, 3.8) is 0 Å². The summed E-state index contributed by atoms with van der Waals surface area (Å²) in [7, 11) is -3.90. The lowest BCUT2D eigenvalue weighted by atomic mass is 9.89. The molecule has 11 nitrogen and oxygen atoms in total. The Kier molecular flexibility index (Phi) is 7.03. The van der Waals surface area contributed by atoms with Gasteiger partial charge in [-0.05, 0) is 56.6 Å². The van der Waals surface area contributed by atoms with E-state index in [4.69, 9.17) is 14.2 Å². The lowest BCUT2D eigenvalue weighted by molar-refractivity contribution is -0.136. The number of urea groups is 1. The maximum Gasteiger partial charge on any atom is 0.329 e. The normalized spacial score (nSPS) is 26.6. The molecule has 0 unspecified atom stereocenters. The van der Waals surface area contributed by atoms with Gasteiger partial charge >= 0.3 is 28.4 Å². The van der Waals surface area contributed by atoms with Crippen LogP contribution in [-0.4, -0.2) is 69.3 Å². The van der Waals surface area contributed by atoms with Crippen LogP contribution in [0.4, 0.5) is 4.79 Å². The molecule has 0 radical (unpaired) electrons. The molecule has 12 heteroatoms. The van der Waals surface area contributed by atoms with Crippen molar-refractivity contribution in [1.82, 2.24) is 19.7 Å². The van der Waals surface area contributed by atoms with Crippen LogP contribution in [0.15, 0.2) is 24.3 Å². The Morgan fingerprint density at radius 1 is 1.00 bits per heavy atom. The first-order valence-corrected chi connectivity index (χ1v) is 13.7. The zero-order chi connectivity index (χ0) is 24.4. The molecule has 1 aromatic rings. The number of nitrogens with zero attached hydrogens (tertiary/aromatic N) is 1. The highest BCUT2D eigenvalue weighted by Gasteiger charge is 2.40. The first-order chi connectivity index (χ1) is 16.9. The highest BCUT2D eigenvalue weighted by molar-refractivity contribution is 7.87. The molecule has 0 aromatic heterocycles. The summed E-state index contributed by atoms with van der Waals surface area (Å²) in [6, 6.07) is 6.42. The number of fused-ring (bicyclic) bond motifs is 3. The van der Waals surface area contributed by atoms with Crippen molar-refractivity contribution in [2.75, 3.05) is 26.2 Å². The highest BCUT2D eigenvalue weighted by atomic mass is 32.2. The van der Waals surface area contributed by atoms with Gasteiger partial charge in [-0.3, -0.25) is 4.79 Å². The van der Waals surface area contributed by atoms with Gasteiger partial charge in [0.2, 0.25) is 0 Å². The number of benzene rings is 1. The van der Waals surface area contributed by atoms with Gasteiger partial charge in [-0.15, -0.1) is 0 Å². The minimum Gasteiger partial charge on any atom is -0.442 e. The van der Waals surface area contributed by atoms with E-state index in [9.17, 15) is 18.0 Å². The molecule has 3 N–H and O–H groups in total. The third-order valence-electron chi connectivity index (χ3n) is 7.27. The van der Waals surface area contributed by atoms with Crippen molar-refractivity contribution in [3.8, 4) is 11.5 Å². The summed E-state index contributed by atoms with van der Waals surface area (Å²) in [5, 5.41) is 5.51. The molecule has 4 aliphatic heterocycles. The Balaban J connectivity index is 0.980. The Labute approximate surface area is 205 Å². The zero-order valence-corrected chi connectivity index (χ0v) is 20.3. The van der Waals surface area contributed by atoms with Gasteiger partial charge in [0.1, 0.15) is 0 Å². The molecule has 3 saturated heterocycles. The third kappa shape index (κ3) is 5.65. The van der Waals surface area contributed by atoms with Crippen molar-refractivity contribution in [2.24, 2.45) is 11.8 Å². The number of hydrogen-bond donors (Lipinski definition) is 3. The fourth-order valence-corrected chi connectivity index (χ4v) is 6.45. The number of para-hydroxylation sites is 2. The van der Waals surface area contributed by atoms with Crippen LogP contribution in [-0.2, 0) is 19.7 Å². The topological polar surface area (TPSA) is 135 Å². The number of carbonyl (C=O) groups is 2. The molecule has 192 valence electrons. The summed E-state index contributed by atoms with van der Waals surface area (Å²) in [4.78, 5) is 24.5. The number of rotatable bonds is 8. The monoisotopic (exact) mass is 508 g/mol. The van der Waals surface area contributed by atoms with E-state index in [1.807, 2.05) is 12.1 Å². The van der Waals surface area contributed by atoms with Gasteiger partial charge in [0.25, 0.3) is 0 Å². The Morgan fingerprint density at radius 2 is 1.71 bits per heavy atom. The maximum atomic E-state index is 12.6. The molecule has 4 heterocycles. The first-order valence-electron chi connectivity index (χ1n) is 12.3. The first kappa shape index (κ1) is 24.1. The van der Waals surface area contributed by atoms with Crippen LogP contribution in [0.3, 0.4) is 0 Å². The summed E-state index contributed by atoms with van der Waals surface area (Å²) >= 11 is 0. The molecule has 2 bridgehead atoms. The summed E-state index contributed by atoms with van der Waals surface area (Å²) in [5.74, 6) is 1.27. The standard InChI is InChI=1S/C23H32N4O7S/c28-21(22-33-19-3-1-2-4-20(19)34-22)24-10-7-15-8-11-27(12-9-15)35(30,31)26-23(29)25-14-16-13-17-5-6-18(16)32-17/h1-4,15-18,22H,5-14H2,(H,24,28)(H2,25,26,29)/t16-,17-,18-/m0/s1. The number of ether oxygens (including phenoxy) is 3. The molecule has 3 fully saturated rings. The summed E-state index contributed by atoms with van der Waals surface area (Å²) in [6.45, 7) is 1.51. The second kappa shape index (κ2) is 10.2. The predicted octanol–water partition coefficient (Wildman–Crippen LogP) is 1.11. The Morgan fingerprint density at radius 3 is 2.34 bits per heavy atom. The quantitative estimate of drug-likeness (QED) is 0.479. The lowest BCUT2D eigenvalue weighted by Gasteiger charge is -2.31. The molecule has 3 amide bonds. The molecule has 0 saturated carbocycles. The second-order valence-electron chi connectivity index (χ2n) is 9.62. The van der Waals surface area contributed by atoms with Gasteiger partial charge in [-0.2, -0.15) is 12.7 Å². The van der Waals surface area contributed by atoms with Crippen LogP contribution in [0.5, 0.6) is 11.5 Å². The van der Waals surface area contributed by atoms with E-state index in [0.717, 1.165) is 25.7 Å². The van der Waals surface area contributed by atoms with E-state index in [1.54, 1.807) is 12.1 Å². The third-order valence-corrected chi connectivity index (χ3v) is 8.76. The number of amides is 3. The van der Waals surface area contributed by atoms with Gasteiger partial charge in [0, 0.05) is 32.1 Å². The Bertz CT molecular complexity index is 1020. The lowest BCUT2D eigenvalue weighted by Crippen LogP contribution is -2.50. The van der Waals surface area contributed by atoms with Crippen molar-refractivity contribution >= 4 is 22.1 Å². The van der Waals surface area contributed by atoms with Crippen LogP contribution in [0.2, 0.25) is 0 Å². The van der Waals surface area contributed by atoms with Crippen LogP contribution >= 0.6 is 0 Å². The summed E-state index contributed by atoms with van der Waals surface area (Å²) < 4.78 is 45.4. The van der Waals surface area contributed by atoms with Crippen molar-refractivity contribution in [1.29, 1.82) is 0 Å². The van der Waals surface area contributed by atoms with E-state index in [1.165, 1.54) is 4.31 Å². The Hall–Kier alpha value is -2.57. The number of carbonyl (C=O) groups excluding carboxylic acids is 2. The second-order valence-corrected chi connectivity index (χ2v) is 11.3. The molecule has 5 rings (SSSR count). The molecule has 0 spiro atoms. The highest BCUT2D eigenvalue weighted by Crippen LogP contribution is 2.38. The number of nitrogens with one attached hydrogen (secondary N) is 3. The van der Waals surface area contributed by atoms with E-state index in [-0.39, 0.29) is 30.0 Å². The predicted molar refractivity (Wildman–Crippen MR) is 125 cm³/mol. The molecule has 1 aromatic carbocycles. The molecule has 35 heavy (non-hydrogen) atoms. The zero-order valence-electron chi connectivity index (χ0n) is 19.5. The van der Waals surface area contributed by atoms with Crippen molar-refractivity contribution < 1.29 is 32.2 Å². The van der Waals surface area contributed by atoms with Gasteiger partial charge in [-0.25, -0.2) is 9.52 Å². The smallest absolute Gasteiger partial charge is 0.329 e. The van der Waals surface area contributed by atoms with E-state index < -0.39 is 22.5 Å². The fraction of sp³-hybridized carbons (Fsp3) is 0.652. The van der Waals surface area contributed by atoms with E-state index in [2.05, 4.69) is 15.4 Å². The van der Waals surface area contributed by atoms with Crippen LogP contribution < -0.4 is 24.8 Å². The fourth-order valence-electron chi connectivity index (χ4n) is 5.33. The molecular formula is C23H32N4O7S. The van der Waals surface area contributed by atoms with Gasteiger partial charge in [-0.1, -0.05) is 12.1 Å². The summed E-state index contributed by atoms with van der Waals surface area (Å²) in [5.41, 5.74) is 0. The maximum absolute atomic E-state index is 12.6. The van der Waals surface area contributed by atoms with Gasteiger partial charge in [0.05, 0.1) is 12.2 Å². The van der Waals surface area contributed by atoms with Crippen LogP contribution in [0, 0.1) is 11.8 Å². The van der Waals surface area contributed by atoms with Crippen LogP contribution in [0.25, 0.3) is 0 Å². The van der Waals surface area contributed by atoms with Gasteiger partial charge < -0.3 is 24.8 Å². The average Bonchev–Trinajstić information content (AvgIpc) is 3.58. The molecular weight excluding hydrogens is 476 g/mol. The largest absolute Gasteiger partial charge is 0.442 e. The van der Waals surface area contributed by atoms with E-state index in [0.29, 0.717) is 50.5 Å². The number of piperidine rings is 1. The molecule has 4 aliphatic rings. The van der Waals surface area contributed by atoms with Crippen molar-refractivity contribution in [2.45, 2.75) is 57.0 Å². The molecule has 3 atom stereocenters. The summed E-state index contributed by atoms with van der Waals surface area (Å²) in [6.07, 6.45) is 4.50. The van der Waals surface area contributed by atoms with E-state index >= 15 is 0 Å². The average molecular weight is 509 g/mol. The van der Waals surface area contributed by atoms with Gasteiger partial charge in [0.15, 0.2) is 11.5 Å².